The molecule has 66 valence electrons. The fourth-order valence-electron chi connectivity index (χ4n) is 1.42. The van der Waals surface area contributed by atoms with Crippen molar-refractivity contribution in [3.63, 3.8) is 0 Å². The first-order valence-corrected chi connectivity index (χ1v) is 4.21. The van der Waals surface area contributed by atoms with Gasteiger partial charge in [0.15, 0.2) is 6.19 Å². The molecule has 1 unspecified atom stereocenters. The van der Waals surface area contributed by atoms with E-state index in [-0.39, 0.29) is 5.91 Å². The summed E-state index contributed by atoms with van der Waals surface area (Å²) in [4.78, 5) is 10.8. The monoisotopic (exact) mass is 167 g/mol. The Kier molecular flexibility index (Phi) is 3.55. The molecule has 0 aromatic rings. The average molecular weight is 167 g/mol. The Bertz CT molecular complexity index is 191. The van der Waals surface area contributed by atoms with Gasteiger partial charge in [-0.25, -0.2) is 0 Å². The molecule has 0 bridgehead atoms. The van der Waals surface area contributed by atoms with Crippen LogP contribution < -0.4 is 10.6 Å². The molecule has 0 saturated carbocycles. The van der Waals surface area contributed by atoms with Crippen molar-refractivity contribution in [2.45, 2.75) is 19.3 Å². The van der Waals surface area contributed by atoms with Gasteiger partial charge in [-0.05, 0) is 31.8 Å². The minimum absolute atomic E-state index is 0.163. The van der Waals surface area contributed by atoms with Crippen molar-refractivity contribution in [3.05, 3.63) is 0 Å². The topological polar surface area (TPSA) is 64.9 Å². The van der Waals surface area contributed by atoms with Crippen LogP contribution in [0.2, 0.25) is 0 Å². The highest BCUT2D eigenvalue weighted by atomic mass is 16.1. The van der Waals surface area contributed by atoms with Gasteiger partial charge >= 0.3 is 0 Å². The van der Waals surface area contributed by atoms with Crippen molar-refractivity contribution >= 4 is 5.91 Å². The Labute approximate surface area is 71.9 Å². The van der Waals surface area contributed by atoms with Gasteiger partial charge in [0, 0.05) is 6.42 Å². The summed E-state index contributed by atoms with van der Waals surface area (Å²) in [6, 6.07) is 0. The number of nitriles is 1. The molecule has 0 radical (unpaired) electrons. The third kappa shape index (κ3) is 2.89. The standard InChI is InChI=1S/C8H13N3O/c9-6-11-8(12)2-1-7-3-4-10-5-7/h7,10H,1-5H2,(H,11,12). The molecule has 4 heteroatoms. The maximum absolute atomic E-state index is 10.8. The molecule has 1 saturated heterocycles. The number of nitrogens with zero attached hydrogens (tertiary/aromatic N) is 1. The Hall–Kier alpha value is -1.08. The van der Waals surface area contributed by atoms with E-state index in [1.807, 2.05) is 0 Å². The molecule has 1 fully saturated rings. The maximum atomic E-state index is 10.8. The molecule has 1 aliphatic heterocycles. The molecule has 1 heterocycles. The molecular weight excluding hydrogens is 154 g/mol. The SMILES string of the molecule is N#CNC(=O)CCC1CCNC1. The Morgan fingerprint density at radius 2 is 2.58 bits per heavy atom. The quantitative estimate of drug-likeness (QED) is 0.458. The number of rotatable bonds is 3. The highest BCUT2D eigenvalue weighted by Gasteiger charge is 2.15. The first kappa shape index (κ1) is 9.01. The van der Waals surface area contributed by atoms with E-state index in [1.54, 1.807) is 6.19 Å². The molecule has 0 aliphatic carbocycles. The number of hydrogen-bond acceptors (Lipinski definition) is 3. The number of amides is 1. The fraction of sp³-hybridized carbons (Fsp3) is 0.750. The average Bonchev–Trinajstić information content (AvgIpc) is 2.53. The molecule has 1 atom stereocenters. The number of hydrogen-bond donors (Lipinski definition) is 2. The Balaban J connectivity index is 2.08. The van der Waals surface area contributed by atoms with Crippen molar-refractivity contribution in [1.82, 2.24) is 10.6 Å². The highest BCUT2D eigenvalue weighted by molar-refractivity contribution is 5.77. The Morgan fingerprint density at radius 1 is 1.75 bits per heavy atom. The van der Waals surface area contributed by atoms with Crippen LogP contribution in [0.3, 0.4) is 0 Å². The van der Waals surface area contributed by atoms with Gasteiger partial charge in [0.05, 0.1) is 0 Å². The molecule has 1 rings (SSSR count). The second kappa shape index (κ2) is 4.73. The lowest BCUT2D eigenvalue weighted by Crippen LogP contribution is -2.18. The van der Waals surface area contributed by atoms with E-state index >= 15 is 0 Å². The smallest absolute Gasteiger partial charge is 0.232 e. The van der Waals surface area contributed by atoms with Crippen LogP contribution in [0.1, 0.15) is 19.3 Å². The van der Waals surface area contributed by atoms with Crippen LogP contribution in [-0.4, -0.2) is 19.0 Å². The predicted molar refractivity (Wildman–Crippen MR) is 44.0 cm³/mol. The van der Waals surface area contributed by atoms with Gasteiger partial charge in [0.25, 0.3) is 0 Å². The lowest BCUT2D eigenvalue weighted by Gasteiger charge is -2.05. The van der Waals surface area contributed by atoms with Crippen molar-refractivity contribution in [2.75, 3.05) is 13.1 Å². The summed E-state index contributed by atoms with van der Waals surface area (Å²) in [5.41, 5.74) is 0. The van der Waals surface area contributed by atoms with E-state index in [0.29, 0.717) is 12.3 Å². The number of nitrogens with one attached hydrogen (secondary N) is 2. The summed E-state index contributed by atoms with van der Waals surface area (Å²) in [5, 5.41) is 13.5. The normalized spacial score (nSPS) is 21.8. The first-order valence-electron chi connectivity index (χ1n) is 4.21. The van der Waals surface area contributed by atoms with Gasteiger partial charge in [-0.2, -0.15) is 5.26 Å². The summed E-state index contributed by atoms with van der Waals surface area (Å²) in [5.74, 6) is 0.457. The lowest BCUT2D eigenvalue weighted by molar-refractivity contribution is -0.120. The van der Waals surface area contributed by atoms with Crippen molar-refractivity contribution in [1.29, 1.82) is 5.26 Å². The zero-order valence-corrected chi connectivity index (χ0v) is 6.97. The van der Waals surface area contributed by atoms with Gasteiger partial charge in [0.1, 0.15) is 0 Å². The van der Waals surface area contributed by atoms with Gasteiger partial charge < -0.3 is 5.32 Å². The van der Waals surface area contributed by atoms with Crippen LogP contribution in [-0.2, 0) is 4.79 Å². The lowest BCUT2D eigenvalue weighted by atomic mass is 10.0. The minimum atomic E-state index is -0.163. The second-order valence-electron chi connectivity index (χ2n) is 3.06. The van der Waals surface area contributed by atoms with Crippen molar-refractivity contribution in [3.8, 4) is 6.19 Å². The van der Waals surface area contributed by atoms with Crippen molar-refractivity contribution < 1.29 is 4.79 Å². The van der Waals surface area contributed by atoms with Gasteiger partial charge in [-0.3, -0.25) is 10.1 Å². The molecule has 2 N–H and O–H groups in total. The van der Waals surface area contributed by atoms with E-state index in [2.05, 4.69) is 10.6 Å². The van der Waals surface area contributed by atoms with E-state index in [4.69, 9.17) is 5.26 Å². The number of carbonyl (C=O) groups is 1. The van der Waals surface area contributed by atoms with Crippen LogP contribution in [0, 0.1) is 17.4 Å². The van der Waals surface area contributed by atoms with E-state index in [0.717, 1.165) is 25.9 Å². The molecule has 4 nitrogen and oxygen atoms in total. The molecule has 1 amide bonds. The number of carbonyl (C=O) groups excluding carboxylic acids is 1. The Morgan fingerprint density at radius 3 is 3.17 bits per heavy atom. The first-order chi connectivity index (χ1) is 5.83. The van der Waals surface area contributed by atoms with Crippen molar-refractivity contribution in [2.24, 2.45) is 5.92 Å². The molecule has 0 aromatic carbocycles. The minimum Gasteiger partial charge on any atom is -0.316 e. The van der Waals surface area contributed by atoms with Crippen LogP contribution in [0.15, 0.2) is 0 Å². The third-order valence-corrected chi connectivity index (χ3v) is 2.14. The summed E-state index contributed by atoms with van der Waals surface area (Å²) in [6.07, 6.45) is 4.14. The van der Waals surface area contributed by atoms with Gasteiger partial charge in [-0.1, -0.05) is 0 Å². The van der Waals surface area contributed by atoms with Crippen LogP contribution in [0.4, 0.5) is 0 Å². The molecule has 12 heavy (non-hydrogen) atoms. The van der Waals surface area contributed by atoms with E-state index in [1.165, 1.54) is 0 Å². The third-order valence-electron chi connectivity index (χ3n) is 2.14. The summed E-state index contributed by atoms with van der Waals surface area (Å²) in [6.45, 7) is 2.07. The summed E-state index contributed by atoms with van der Waals surface area (Å²) < 4.78 is 0. The zero-order valence-electron chi connectivity index (χ0n) is 6.97. The largest absolute Gasteiger partial charge is 0.316 e. The molecule has 0 spiro atoms. The van der Waals surface area contributed by atoms with Gasteiger partial charge in [-0.15, -0.1) is 0 Å². The van der Waals surface area contributed by atoms with Crippen LogP contribution in [0.25, 0.3) is 0 Å². The summed E-state index contributed by atoms with van der Waals surface area (Å²) in [7, 11) is 0. The highest BCUT2D eigenvalue weighted by Crippen LogP contribution is 2.13. The second-order valence-corrected chi connectivity index (χ2v) is 3.06. The molecule has 0 aromatic heterocycles. The summed E-state index contributed by atoms with van der Waals surface area (Å²) >= 11 is 0. The van der Waals surface area contributed by atoms with E-state index < -0.39 is 0 Å². The molecule has 1 aliphatic rings. The maximum Gasteiger partial charge on any atom is 0.232 e. The molecular formula is C8H13N3O. The fourth-order valence-corrected chi connectivity index (χ4v) is 1.42. The van der Waals surface area contributed by atoms with Crippen LogP contribution >= 0.6 is 0 Å². The van der Waals surface area contributed by atoms with Gasteiger partial charge in [0.2, 0.25) is 5.91 Å². The predicted octanol–water partition coefficient (Wildman–Crippen LogP) is -0.0266. The van der Waals surface area contributed by atoms with E-state index in [9.17, 15) is 4.79 Å². The van der Waals surface area contributed by atoms with Crippen LogP contribution in [0.5, 0.6) is 0 Å². The zero-order chi connectivity index (χ0) is 8.81.